The zero-order valence-electron chi connectivity index (χ0n) is 9.11. The van der Waals surface area contributed by atoms with Crippen LogP contribution in [-0.2, 0) is 6.18 Å². The quantitative estimate of drug-likeness (QED) is 0.763. The standard InChI is InChI=1S/C13H8F3NO/c14-13(15,16)11-1-2-12(10(7-11)8-18)9-3-5-17-6-4-9/h1-8H. The van der Waals surface area contributed by atoms with Crippen molar-refractivity contribution < 1.29 is 18.0 Å². The first-order valence-corrected chi connectivity index (χ1v) is 5.09. The Morgan fingerprint density at radius 3 is 2.28 bits per heavy atom. The van der Waals surface area contributed by atoms with E-state index < -0.39 is 11.7 Å². The third kappa shape index (κ3) is 2.40. The fourth-order valence-electron chi connectivity index (χ4n) is 1.63. The second kappa shape index (κ2) is 4.60. The van der Waals surface area contributed by atoms with Crippen LogP contribution in [0.5, 0.6) is 0 Å². The van der Waals surface area contributed by atoms with E-state index in [9.17, 15) is 18.0 Å². The molecule has 0 amide bonds. The molecule has 1 heterocycles. The van der Waals surface area contributed by atoms with Crippen LogP contribution in [0.2, 0.25) is 0 Å². The summed E-state index contributed by atoms with van der Waals surface area (Å²) in [6.07, 6.45) is -0.997. The molecule has 0 radical (unpaired) electrons. The fourth-order valence-corrected chi connectivity index (χ4v) is 1.63. The summed E-state index contributed by atoms with van der Waals surface area (Å²) in [7, 11) is 0. The lowest BCUT2D eigenvalue weighted by molar-refractivity contribution is -0.137. The third-order valence-corrected chi connectivity index (χ3v) is 2.50. The van der Waals surface area contributed by atoms with Gasteiger partial charge in [0.25, 0.3) is 0 Å². The molecule has 0 aliphatic heterocycles. The van der Waals surface area contributed by atoms with Gasteiger partial charge in [0.05, 0.1) is 5.56 Å². The number of benzene rings is 1. The Kier molecular flexibility index (Phi) is 3.14. The van der Waals surface area contributed by atoms with Crippen LogP contribution < -0.4 is 0 Å². The van der Waals surface area contributed by atoms with Crippen LogP contribution in [0.25, 0.3) is 11.1 Å². The van der Waals surface area contributed by atoms with Crippen LogP contribution >= 0.6 is 0 Å². The predicted molar refractivity (Wildman–Crippen MR) is 60.1 cm³/mol. The topological polar surface area (TPSA) is 30.0 Å². The van der Waals surface area contributed by atoms with E-state index in [-0.39, 0.29) is 5.56 Å². The number of aldehydes is 1. The van der Waals surface area contributed by atoms with Crippen molar-refractivity contribution in [2.24, 2.45) is 0 Å². The Morgan fingerprint density at radius 2 is 1.72 bits per heavy atom. The van der Waals surface area contributed by atoms with E-state index in [0.717, 1.165) is 12.1 Å². The minimum Gasteiger partial charge on any atom is -0.298 e. The Labute approximate surface area is 101 Å². The highest BCUT2D eigenvalue weighted by Gasteiger charge is 2.30. The molecular formula is C13H8F3NO. The van der Waals surface area contributed by atoms with Gasteiger partial charge in [0.15, 0.2) is 6.29 Å². The first-order chi connectivity index (χ1) is 8.52. The molecule has 5 heteroatoms. The largest absolute Gasteiger partial charge is 0.416 e. The number of rotatable bonds is 2. The van der Waals surface area contributed by atoms with E-state index in [2.05, 4.69) is 4.98 Å². The molecule has 2 aromatic rings. The van der Waals surface area contributed by atoms with Crippen LogP contribution in [0.3, 0.4) is 0 Å². The Hall–Kier alpha value is -2.17. The van der Waals surface area contributed by atoms with Gasteiger partial charge < -0.3 is 0 Å². The molecule has 1 aromatic carbocycles. The summed E-state index contributed by atoms with van der Waals surface area (Å²) >= 11 is 0. The lowest BCUT2D eigenvalue weighted by atomic mass is 9.99. The van der Waals surface area contributed by atoms with Gasteiger partial charge in [0.1, 0.15) is 0 Å². The summed E-state index contributed by atoms with van der Waals surface area (Å²) in [6.45, 7) is 0. The molecule has 0 unspecified atom stereocenters. The molecule has 92 valence electrons. The molecule has 0 spiro atoms. The number of halogens is 3. The Bertz CT molecular complexity index is 564. The molecule has 0 atom stereocenters. The highest BCUT2D eigenvalue weighted by atomic mass is 19.4. The summed E-state index contributed by atoms with van der Waals surface area (Å²) in [6, 6.07) is 6.37. The average molecular weight is 251 g/mol. The maximum Gasteiger partial charge on any atom is 0.416 e. The second-order valence-electron chi connectivity index (χ2n) is 3.65. The van der Waals surface area contributed by atoms with E-state index in [4.69, 9.17) is 0 Å². The van der Waals surface area contributed by atoms with Crippen molar-refractivity contribution >= 4 is 6.29 Å². The van der Waals surface area contributed by atoms with Gasteiger partial charge in [-0.25, -0.2) is 0 Å². The first-order valence-electron chi connectivity index (χ1n) is 5.09. The summed E-state index contributed by atoms with van der Waals surface area (Å²) < 4.78 is 37.5. The number of alkyl halides is 3. The molecule has 0 saturated heterocycles. The van der Waals surface area contributed by atoms with Crippen molar-refractivity contribution in [2.45, 2.75) is 6.18 Å². The van der Waals surface area contributed by atoms with E-state index >= 15 is 0 Å². The monoisotopic (exact) mass is 251 g/mol. The van der Waals surface area contributed by atoms with Gasteiger partial charge in [-0.05, 0) is 35.4 Å². The van der Waals surface area contributed by atoms with Crippen molar-refractivity contribution in [1.29, 1.82) is 0 Å². The number of hydrogen-bond donors (Lipinski definition) is 0. The third-order valence-electron chi connectivity index (χ3n) is 2.50. The SMILES string of the molecule is O=Cc1cc(C(F)(F)F)ccc1-c1ccncc1. The van der Waals surface area contributed by atoms with Crippen molar-refractivity contribution in [3.8, 4) is 11.1 Å². The maximum absolute atomic E-state index is 12.5. The molecule has 2 nitrogen and oxygen atoms in total. The van der Waals surface area contributed by atoms with Gasteiger partial charge >= 0.3 is 6.18 Å². The van der Waals surface area contributed by atoms with E-state index in [1.807, 2.05) is 0 Å². The predicted octanol–water partition coefficient (Wildman–Crippen LogP) is 3.58. The molecule has 0 bridgehead atoms. The van der Waals surface area contributed by atoms with Crippen LogP contribution in [0.4, 0.5) is 13.2 Å². The Morgan fingerprint density at radius 1 is 1.06 bits per heavy atom. The van der Waals surface area contributed by atoms with E-state index in [0.29, 0.717) is 17.4 Å². The molecule has 0 aliphatic rings. The smallest absolute Gasteiger partial charge is 0.298 e. The van der Waals surface area contributed by atoms with Crippen LogP contribution in [0.1, 0.15) is 15.9 Å². The van der Waals surface area contributed by atoms with Gasteiger partial charge in [-0.1, -0.05) is 6.07 Å². The normalized spacial score (nSPS) is 11.3. The van der Waals surface area contributed by atoms with Crippen molar-refractivity contribution in [2.75, 3.05) is 0 Å². The molecule has 0 N–H and O–H groups in total. The van der Waals surface area contributed by atoms with Gasteiger partial charge in [-0.15, -0.1) is 0 Å². The molecular weight excluding hydrogens is 243 g/mol. The molecule has 2 rings (SSSR count). The van der Waals surface area contributed by atoms with Gasteiger partial charge in [-0.2, -0.15) is 13.2 Å². The number of aromatic nitrogens is 1. The summed E-state index contributed by atoms with van der Waals surface area (Å²) in [5.74, 6) is 0. The van der Waals surface area contributed by atoms with Crippen molar-refractivity contribution in [1.82, 2.24) is 4.98 Å². The molecule has 0 saturated carbocycles. The molecule has 0 aliphatic carbocycles. The lowest BCUT2D eigenvalue weighted by Crippen LogP contribution is -2.05. The Balaban J connectivity index is 2.54. The summed E-state index contributed by atoms with van der Waals surface area (Å²) in [5.41, 5.74) is 0.291. The van der Waals surface area contributed by atoms with Crippen LogP contribution in [0.15, 0.2) is 42.7 Å². The van der Waals surface area contributed by atoms with Crippen LogP contribution in [0, 0.1) is 0 Å². The fraction of sp³-hybridized carbons (Fsp3) is 0.0769. The molecule has 18 heavy (non-hydrogen) atoms. The minimum atomic E-state index is -4.45. The molecule has 1 aromatic heterocycles. The summed E-state index contributed by atoms with van der Waals surface area (Å²) in [4.78, 5) is 14.7. The van der Waals surface area contributed by atoms with Gasteiger partial charge in [0.2, 0.25) is 0 Å². The number of carbonyl (C=O) groups is 1. The molecule has 0 fully saturated rings. The minimum absolute atomic E-state index is 0.0102. The lowest BCUT2D eigenvalue weighted by Gasteiger charge is -2.10. The van der Waals surface area contributed by atoms with E-state index in [1.54, 1.807) is 12.1 Å². The van der Waals surface area contributed by atoms with Gasteiger partial charge in [-0.3, -0.25) is 9.78 Å². The second-order valence-corrected chi connectivity index (χ2v) is 3.65. The van der Waals surface area contributed by atoms with E-state index in [1.165, 1.54) is 18.5 Å². The zero-order valence-corrected chi connectivity index (χ0v) is 9.11. The number of nitrogens with zero attached hydrogens (tertiary/aromatic N) is 1. The summed E-state index contributed by atoms with van der Waals surface area (Å²) in [5, 5.41) is 0. The number of hydrogen-bond acceptors (Lipinski definition) is 2. The first kappa shape index (κ1) is 12.3. The number of carbonyl (C=O) groups excluding carboxylic acids is 1. The number of pyridine rings is 1. The zero-order chi connectivity index (χ0) is 13.2. The highest BCUT2D eigenvalue weighted by molar-refractivity contribution is 5.87. The van der Waals surface area contributed by atoms with Crippen molar-refractivity contribution in [3.05, 3.63) is 53.9 Å². The maximum atomic E-state index is 12.5. The van der Waals surface area contributed by atoms with Crippen molar-refractivity contribution in [3.63, 3.8) is 0 Å². The van der Waals surface area contributed by atoms with Gasteiger partial charge in [0, 0.05) is 18.0 Å². The van der Waals surface area contributed by atoms with Crippen LogP contribution in [-0.4, -0.2) is 11.3 Å². The average Bonchev–Trinajstić information content (AvgIpc) is 2.38. The highest BCUT2D eigenvalue weighted by Crippen LogP contribution is 2.32.